The molecule has 1 aliphatic rings. The van der Waals surface area contributed by atoms with Crippen LogP contribution in [-0.2, 0) is 57.1 Å². The Kier molecular flexibility index (Phi) is 12.0. The van der Waals surface area contributed by atoms with Crippen molar-refractivity contribution in [3.8, 4) is 0 Å². The molecular formula is C27H32F3NO12. The van der Waals surface area contributed by atoms with E-state index in [2.05, 4.69) is 4.99 Å². The number of ether oxygens (including phenoxy) is 7. The predicted octanol–water partition coefficient (Wildman–Crippen LogP) is 2.95. The predicted molar refractivity (Wildman–Crippen MR) is 137 cm³/mol. The molecule has 16 heteroatoms. The van der Waals surface area contributed by atoms with Gasteiger partial charge in [0.25, 0.3) is 0 Å². The molecule has 0 spiro atoms. The van der Waals surface area contributed by atoms with Crippen LogP contribution < -0.4 is 0 Å². The van der Waals surface area contributed by atoms with Gasteiger partial charge in [0.15, 0.2) is 12.2 Å². The van der Waals surface area contributed by atoms with E-state index in [1.807, 2.05) is 0 Å². The highest BCUT2D eigenvalue weighted by atomic mass is 19.4. The maximum absolute atomic E-state index is 14.2. The summed E-state index contributed by atoms with van der Waals surface area (Å²) in [4.78, 5) is 64.3. The molecule has 0 amide bonds. The van der Waals surface area contributed by atoms with Crippen molar-refractivity contribution >= 4 is 41.4 Å². The summed E-state index contributed by atoms with van der Waals surface area (Å²) in [6, 6.07) is 6.84. The number of nitrogens with zero attached hydrogens (tertiary/aromatic N) is 1. The topological polar surface area (TPSA) is 162 Å². The summed E-state index contributed by atoms with van der Waals surface area (Å²) >= 11 is 0. The SMILES string of the molecule is COC(=O)[C@@]1(OC(=Nc2ccccc2)C(F)(F)F)C[C@@H](OC(C)=O)[C@@H](C)C([C@H](OC(C)=O)[C@@H](COC(C)=O)OC(C)=O)O1. The van der Waals surface area contributed by atoms with Crippen LogP contribution in [0, 0.1) is 5.92 Å². The molecule has 0 radical (unpaired) electrons. The Morgan fingerprint density at radius 2 is 1.58 bits per heavy atom. The number of benzene rings is 1. The van der Waals surface area contributed by atoms with E-state index in [9.17, 15) is 37.1 Å². The quantitative estimate of drug-likeness (QED) is 0.163. The molecule has 1 unspecified atom stereocenters. The van der Waals surface area contributed by atoms with E-state index in [0.29, 0.717) is 0 Å². The smallest absolute Gasteiger partial charge is 0.464 e. The minimum Gasteiger partial charge on any atom is -0.464 e. The molecule has 0 N–H and O–H groups in total. The molecule has 6 atom stereocenters. The molecule has 0 saturated carbocycles. The summed E-state index contributed by atoms with van der Waals surface area (Å²) in [6.07, 6.45) is -12.5. The Morgan fingerprint density at radius 1 is 0.977 bits per heavy atom. The highest BCUT2D eigenvalue weighted by Crippen LogP contribution is 2.41. The van der Waals surface area contributed by atoms with Crippen molar-refractivity contribution in [1.29, 1.82) is 0 Å². The van der Waals surface area contributed by atoms with E-state index in [4.69, 9.17) is 33.2 Å². The molecule has 43 heavy (non-hydrogen) atoms. The van der Waals surface area contributed by atoms with Gasteiger partial charge < -0.3 is 33.2 Å². The van der Waals surface area contributed by atoms with Crippen LogP contribution in [0.25, 0.3) is 0 Å². The van der Waals surface area contributed by atoms with Gasteiger partial charge in [-0.15, -0.1) is 0 Å². The molecule has 238 valence electrons. The van der Waals surface area contributed by atoms with Crippen LogP contribution in [0.4, 0.5) is 18.9 Å². The van der Waals surface area contributed by atoms with Crippen molar-refractivity contribution in [3.63, 3.8) is 0 Å². The Labute approximate surface area is 244 Å². The van der Waals surface area contributed by atoms with Crippen molar-refractivity contribution in [3.05, 3.63) is 30.3 Å². The standard InChI is InChI=1S/C27H32F3NO12/c1-14-20(39-16(3)33)12-26(25(36)37-6,43-24(27(28,29)30)31-19-10-8-7-9-11-19)42-22(14)23(41-18(5)35)21(40-17(4)34)13-38-15(2)32/h7-11,14,20-23H,12-13H2,1-6H3/t14-,20-,21-,22?,23-,26+/m1/s1. The van der Waals surface area contributed by atoms with E-state index in [1.165, 1.54) is 37.3 Å². The van der Waals surface area contributed by atoms with Crippen LogP contribution in [0.1, 0.15) is 41.0 Å². The minimum atomic E-state index is -5.28. The van der Waals surface area contributed by atoms with Gasteiger partial charge in [-0.25, -0.2) is 9.79 Å². The summed E-state index contributed by atoms with van der Waals surface area (Å²) in [5.41, 5.74) is -0.193. The zero-order chi connectivity index (χ0) is 32.5. The van der Waals surface area contributed by atoms with Gasteiger partial charge in [0, 0.05) is 33.6 Å². The lowest BCUT2D eigenvalue weighted by Crippen LogP contribution is -2.64. The third-order valence-electron chi connectivity index (χ3n) is 5.97. The summed E-state index contributed by atoms with van der Waals surface area (Å²) in [6.45, 7) is 4.75. The average Bonchev–Trinajstić information content (AvgIpc) is 2.90. The Bertz CT molecular complexity index is 1210. The van der Waals surface area contributed by atoms with Gasteiger partial charge in [-0.2, -0.15) is 13.2 Å². The monoisotopic (exact) mass is 619 g/mol. The summed E-state index contributed by atoms with van der Waals surface area (Å²) in [7, 11) is 0.845. The first kappa shape index (κ1) is 35.0. The van der Waals surface area contributed by atoms with Crippen molar-refractivity contribution in [2.75, 3.05) is 13.7 Å². The molecule has 1 fully saturated rings. The lowest BCUT2D eigenvalue weighted by molar-refractivity contribution is -0.304. The fourth-order valence-corrected chi connectivity index (χ4v) is 4.24. The second kappa shape index (κ2) is 14.8. The maximum atomic E-state index is 14.2. The number of esters is 5. The van der Waals surface area contributed by atoms with Crippen molar-refractivity contribution in [1.82, 2.24) is 0 Å². The minimum absolute atomic E-state index is 0.193. The molecule has 1 aromatic carbocycles. The van der Waals surface area contributed by atoms with Gasteiger partial charge in [-0.05, 0) is 12.1 Å². The summed E-state index contributed by atoms with van der Waals surface area (Å²) in [5.74, 6) is -11.0. The zero-order valence-electron chi connectivity index (χ0n) is 24.2. The summed E-state index contributed by atoms with van der Waals surface area (Å²) < 4.78 is 79.3. The van der Waals surface area contributed by atoms with Crippen LogP contribution in [0.15, 0.2) is 35.3 Å². The molecule has 2 rings (SSSR count). The number of aliphatic imine (C=N–C) groups is 1. The number of rotatable bonds is 10. The van der Waals surface area contributed by atoms with E-state index < -0.39 is 91.1 Å². The molecule has 13 nitrogen and oxygen atoms in total. The Hall–Kier alpha value is -4.21. The Morgan fingerprint density at radius 3 is 2.07 bits per heavy atom. The number of para-hydroxylation sites is 1. The third-order valence-corrected chi connectivity index (χ3v) is 5.97. The van der Waals surface area contributed by atoms with Crippen molar-refractivity contribution in [2.24, 2.45) is 10.9 Å². The lowest BCUT2D eigenvalue weighted by atomic mass is 9.84. The molecule has 1 heterocycles. The van der Waals surface area contributed by atoms with Crippen LogP contribution >= 0.6 is 0 Å². The highest BCUT2D eigenvalue weighted by Gasteiger charge is 2.60. The van der Waals surface area contributed by atoms with Gasteiger partial charge >= 0.3 is 47.7 Å². The van der Waals surface area contributed by atoms with Gasteiger partial charge in [0.2, 0.25) is 0 Å². The number of halogens is 3. The first-order valence-electron chi connectivity index (χ1n) is 12.8. The molecule has 1 aromatic rings. The molecule has 0 aromatic heterocycles. The van der Waals surface area contributed by atoms with E-state index in [1.54, 1.807) is 0 Å². The number of alkyl halides is 3. The van der Waals surface area contributed by atoms with Gasteiger partial charge in [0.1, 0.15) is 18.8 Å². The fourth-order valence-electron chi connectivity index (χ4n) is 4.24. The largest absolute Gasteiger partial charge is 0.468 e. The molecular weight excluding hydrogens is 587 g/mol. The first-order valence-corrected chi connectivity index (χ1v) is 12.8. The Balaban J connectivity index is 2.76. The molecule has 1 saturated heterocycles. The van der Waals surface area contributed by atoms with Crippen molar-refractivity contribution < 1.29 is 70.3 Å². The molecule has 0 aliphatic carbocycles. The van der Waals surface area contributed by atoms with E-state index >= 15 is 0 Å². The number of hydrogen-bond donors (Lipinski definition) is 0. The normalized spacial score (nSPS) is 23.7. The van der Waals surface area contributed by atoms with Crippen molar-refractivity contribution in [2.45, 2.75) is 77.4 Å². The maximum Gasteiger partial charge on any atom is 0.468 e. The third kappa shape index (κ3) is 9.94. The summed E-state index contributed by atoms with van der Waals surface area (Å²) in [5, 5.41) is 0. The highest BCUT2D eigenvalue weighted by molar-refractivity contribution is 5.89. The van der Waals surface area contributed by atoms with Gasteiger partial charge in [-0.1, -0.05) is 25.1 Å². The van der Waals surface area contributed by atoms with E-state index in [-0.39, 0.29) is 5.69 Å². The van der Waals surface area contributed by atoms with Gasteiger partial charge in [0.05, 0.1) is 19.2 Å². The second-order valence-corrected chi connectivity index (χ2v) is 9.41. The van der Waals surface area contributed by atoms with Crippen LogP contribution in [-0.4, -0.2) is 85.8 Å². The molecule has 1 aliphatic heterocycles. The number of hydrogen-bond acceptors (Lipinski definition) is 13. The number of carbonyl (C=O) groups is 5. The average molecular weight is 620 g/mol. The number of methoxy groups -OCH3 is 1. The fraction of sp³-hybridized carbons (Fsp3) is 0.556. The second-order valence-electron chi connectivity index (χ2n) is 9.41. The van der Waals surface area contributed by atoms with Crippen LogP contribution in [0.2, 0.25) is 0 Å². The van der Waals surface area contributed by atoms with E-state index in [0.717, 1.165) is 34.8 Å². The van der Waals surface area contributed by atoms with Crippen LogP contribution in [0.5, 0.6) is 0 Å². The van der Waals surface area contributed by atoms with Gasteiger partial charge in [-0.3, -0.25) is 19.2 Å². The first-order chi connectivity index (χ1) is 20.0. The number of carbonyl (C=O) groups excluding carboxylic acids is 5. The zero-order valence-corrected chi connectivity index (χ0v) is 24.2. The lowest BCUT2D eigenvalue weighted by Gasteiger charge is -2.47. The molecule has 0 bridgehead atoms. The van der Waals surface area contributed by atoms with Crippen LogP contribution in [0.3, 0.4) is 0 Å².